The summed E-state index contributed by atoms with van der Waals surface area (Å²) in [6.07, 6.45) is 2.07. The summed E-state index contributed by atoms with van der Waals surface area (Å²) < 4.78 is 5.00. The Morgan fingerprint density at radius 1 is 1.47 bits per heavy atom. The van der Waals surface area contributed by atoms with Crippen molar-refractivity contribution < 1.29 is 9.53 Å². The minimum Gasteiger partial charge on any atom is -0.383 e. The number of carbonyl (C=O) groups is 1. The molecule has 90 valence electrons. The Morgan fingerprint density at radius 2 is 2.13 bits per heavy atom. The third-order valence-electron chi connectivity index (χ3n) is 2.02. The van der Waals surface area contributed by atoms with Crippen LogP contribution >= 0.6 is 11.8 Å². The largest absolute Gasteiger partial charge is 0.383 e. The molecule has 4 nitrogen and oxygen atoms in total. The van der Waals surface area contributed by atoms with Crippen LogP contribution in [0.3, 0.4) is 0 Å². The summed E-state index contributed by atoms with van der Waals surface area (Å²) >= 11 is 1.79. The lowest BCUT2D eigenvalue weighted by atomic mass is 10.2. The monoisotopic (exact) mass is 234 g/mol. The second kappa shape index (κ2) is 7.96. The molecule has 0 aliphatic rings. The number of rotatable bonds is 8. The molecule has 0 bridgehead atoms. The summed E-state index contributed by atoms with van der Waals surface area (Å²) in [6.45, 7) is 6.62. The number of amides is 1. The van der Waals surface area contributed by atoms with Crippen LogP contribution in [0.5, 0.6) is 0 Å². The Kier molecular flexibility index (Phi) is 7.82. The van der Waals surface area contributed by atoms with Crippen molar-refractivity contribution in [2.24, 2.45) is 0 Å². The van der Waals surface area contributed by atoms with Gasteiger partial charge in [0.05, 0.1) is 13.2 Å². The Morgan fingerprint density at radius 3 is 2.67 bits per heavy atom. The Balaban J connectivity index is 3.46. The second-order valence-corrected chi connectivity index (χ2v) is 5.42. The van der Waals surface area contributed by atoms with Gasteiger partial charge in [0.2, 0.25) is 5.91 Å². The van der Waals surface area contributed by atoms with Crippen LogP contribution in [-0.2, 0) is 9.53 Å². The summed E-state index contributed by atoms with van der Waals surface area (Å²) in [4.78, 5) is 11.3. The van der Waals surface area contributed by atoms with Gasteiger partial charge in [-0.2, -0.15) is 11.8 Å². The van der Waals surface area contributed by atoms with Gasteiger partial charge in [0, 0.05) is 24.9 Å². The highest BCUT2D eigenvalue weighted by Gasteiger charge is 2.15. The van der Waals surface area contributed by atoms with Gasteiger partial charge >= 0.3 is 0 Å². The van der Waals surface area contributed by atoms with Gasteiger partial charge in [0.1, 0.15) is 0 Å². The number of ether oxygens (including phenoxy) is 1. The van der Waals surface area contributed by atoms with E-state index in [0.717, 1.165) is 6.54 Å². The highest BCUT2D eigenvalue weighted by Crippen LogP contribution is 2.19. The maximum absolute atomic E-state index is 11.3. The molecule has 0 radical (unpaired) electrons. The van der Waals surface area contributed by atoms with Crippen LogP contribution in [0.15, 0.2) is 0 Å². The normalized spacial score (nSPS) is 11.5. The topological polar surface area (TPSA) is 50.4 Å². The maximum atomic E-state index is 11.3. The molecule has 0 rings (SSSR count). The first-order valence-corrected chi connectivity index (χ1v) is 6.26. The van der Waals surface area contributed by atoms with Crippen molar-refractivity contribution in [1.29, 1.82) is 0 Å². The van der Waals surface area contributed by atoms with Crippen molar-refractivity contribution in [3.8, 4) is 0 Å². The van der Waals surface area contributed by atoms with Gasteiger partial charge in [-0.15, -0.1) is 0 Å². The van der Waals surface area contributed by atoms with Gasteiger partial charge in [-0.25, -0.2) is 0 Å². The highest BCUT2D eigenvalue weighted by atomic mass is 32.2. The third-order valence-corrected chi connectivity index (χ3v) is 3.27. The number of thioether (sulfide) groups is 1. The summed E-state index contributed by atoms with van der Waals surface area (Å²) in [5.41, 5.74) is 0. The molecular formula is C10H22N2O2S. The molecule has 0 unspecified atom stereocenters. The molecule has 0 aliphatic carbocycles. The third kappa shape index (κ3) is 8.72. The summed E-state index contributed by atoms with van der Waals surface area (Å²) in [6, 6.07) is 0. The predicted molar refractivity (Wildman–Crippen MR) is 65.3 cm³/mol. The van der Waals surface area contributed by atoms with E-state index < -0.39 is 0 Å². The van der Waals surface area contributed by atoms with Gasteiger partial charge in [0.25, 0.3) is 0 Å². The average molecular weight is 234 g/mol. The van der Waals surface area contributed by atoms with Crippen LogP contribution in [0, 0.1) is 0 Å². The smallest absolute Gasteiger partial charge is 0.234 e. The Bertz CT molecular complexity index is 186. The van der Waals surface area contributed by atoms with E-state index >= 15 is 0 Å². The van der Waals surface area contributed by atoms with Crippen LogP contribution < -0.4 is 10.6 Å². The average Bonchev–Trinajstić information content (AvgIpc) is 2.18. The molecule has 0 saturated heterocycles. The molecule has 0 aromatic carbocycles. The minimum atomic E-state index is 0.0175. The SMILES string of the molecule is COCCNC(=O)CNCC(C)(C)SC. The second-order valence-electron chi connectivity index (χ2n) is 3.91. The number of hydrogen-bond donors (Lipinski definition) is 2. The first-order chi connectivity index (χ1) is 7.02. The van der Waals surface area contributed by atoms with E-state index in [0.29, 0.717) is 19.7 Å². The van der Waals surface area contributed by atoms with E-state index in [2.05, 4.69) is 30.7 Å². The van der Waals surface area contributed by atoms with E-state index in [9.17, 15) is 4.79 Å². The lowest BCUT2D eigenvalue weighted by Crippen LogP contribution is -2.40. The number of methoxy groups -OCH3 is 1. The zero-order valence-electron chi connectivity index (χ0n) is 10.1. The summed E-state index contributed by atoms with van der Waals surface area (Å²) in [7, 11) is 1.62. The van der Waals surface area contributed by atoms with Crippen molar-refractivity contribution in [1.82, 2.24) is 10.6 Å². The van der Waals surface area contributed by atoms with Gasteiger partial charge < -0.3 is 15.4 Å². The van der Waals surface area contributed by atoms with Crippen molar-refractivity contribution in [2.75, 3.05) is 39.6 Å². The van der Waals surface area contributed by atoms with Gasteiger partial charge in [-0.1, -0.05) is 0 Å². The standard InChI is InChI=1S/C10H22N2O2S/c1-10(2,15-4)8-11-7-9(13)12-5-6-14-3/h11H,5-8H2,1-4H3,(H,12,13). The van der Waals surface area contributed by atoms with Crippen LogP contribution in [0.2, 0.25) is 0 Å². The van der Waals surface area contributed by atoms with E-state index in [1.165, 1.54) is 0 Å². The molecule has 0 spiro atoms. The molecule has 0 aromatic heterocycles. The van der Waals surface area contributed by atoms with Gasteiger partial charge in [-0.05, 0) is 20.1 Å². The van der Waals surface area contributed by atoms with Crippen molar-refractivity contribution in [3.05, 3.63) is 0 Å². The van der Waals surface area contributed by atoms with E-state index in [4.69, 9.17) is 4.74 Å². The molecule has 0 saturated carbocycles. The van der Waals surface area contributed by atoms with Gasteiger partial charge in [-0.3, -0.25) is 4.79 Å². The molecule has 5 heteroatoms. The summed E-state index contributed by atoms with van der Waals surface area (Å²) in [5, 5.41) is 5.88. The molecule has 0 heterocycles. The number of hydrogen-bond acceptors (Lipinski definition) is 4. The molecule has 0 fully saturated rings. The molecule has 0 aromatic rings. The fourth-order valence-electron chi connectivity index (χ4n) is 0.904. The first kappa shape index (κ1) is 14.7. The quantitative estimate of drug-likeness (QED) is 0.600. The zero-order valence-corrected chi connectivity index (χ0v) is 10.9. The molecule has 1 amide bonds. The van der Waals surface area contributed by atoms with E-state index in [1.54, 1.807) is 18.9 Å². The lowest BCUT2D eigenvalue weighted by molar-refractivity contribution is -0.120. The summed E-state index contributed by atoms with van der Waals surface area (Å²) in [5.74, 6) is 0.0175. The van der Waals surface area contributed by atoms with Crippen LogP contribution in [0.25, 0.3) is 0 Å². The van der Waals surface area contributed by atoms with Crippen molar-refractivity contribution in [2.45, 2.75) is 18.6 Å². The molecule has 2 N–H and O–H groups in total. The van der Waals surface area contributed by atoms with Crippen molar-refractivity contribution >= 4 is 17.7 Å². The lowest BCUT2D eigenvalue weighted by Gasteiger charge is -2.22. The molecular weight excluding hydrogens is 212 g/mol. The van der Waals surface area contributed by atoms with E-state index in [1.807, 2.05) is 0 Å². The highest BCUT2D eigenvalue weighted by molar-refractivity contribution is 7.99. The Hall–Kier alpha value is -0.260. The van der Waals surface area contributed by atoms with Crippen LogP contribution in [-0.4, -0.2) is 50.3 Å². The number of nitrogens with one attached hydrogen (secondary N) is 2. The Labute approximate surface area is 96.5 Å². The molecule has 0 aliphatic heterocycles. The molecule has 15 heavy (non-hydrogen) atoms. The fraction of sp³-hybridized carbons (Fsp3) is 0.900. The maximum Gasteiger partial charge on any atom is 0.234 e. The molecule has 0 atom stereocenters. The fourth-order valence-corrected chi connectivity index (χ4v) is 1.15. The number of carbonyl (C=O) groups excluding carboxylic acids is 1. The van der Waals surface area contributed by atoms with E-state index in [-0.39, 0.29) is 10.7 Å². The van der Waals surface area contributed by atoms with Gasteiger partial charge in [0.15, 0.2) is 0 Å². The first-order valence-electron chi connectivity index (χ1n) is 5.03. The predicted octanol–water partition coefficient (Wildman–Crippen LogP) is 0.480. The van der Waals surface area contributed by atoms with Crippen LogP contribution in [0.1, 0.15) is 13.8 Å². The van der Waals surface area contributed by atoms with Crippen LogP contribution in [0.4, 0.5) is 0 Å². The van der Waals surface area contributed by atoms with Crippen molar-refractivity contribution in [3.63, 3.8) is 0 Å². The minimum absolute atomic E-state index is 0.0175. The zero-order chi connectivity index (χ0) is 11.7.